The maximum Gasteiger partial charge on any atom is 0.254 e. The van der Waals surface area contributed by atoms with Crippen molar-refractivity contribution in [3.63, 3.8) is 0 Å². The third kappa shape index (κ3) is 4.03. The summed E-state index contributed by atoms with van der Waals surface area (Å²) in [5.74, 6) is -0.374. The van der Waals surface area contributed by atoms with E-state index in [0.717, 1.165) is 32.7 Å². The lowest BCUT2D eigenvalue weighted by Crippen LogP contribution is -2.55. The monoisotopic (exact) mass is 431 g/mol. The predicted molar refractivity (Wildman–Crippen MR) is 97.1 cm³/mol. The molecule has 0 N–H and O–H groups in total. The van der Waals surface area contributed by atoms with Crippen LogP contribution in [0.5, 0.6) is 0 Å². The average molecular weight is 431 g/mol. The number of piperidine rings is 1. The Bertz CT molecular complexity index is 575. The van der Waals surface area contributed by atoms with Gasteiger partial charge in [-0.15, -0.1) is 0 Å². The fourth-order valence-corrected chi connectivity index (χ4v) is 3.87. The van der Waals surface area contributed by atoms with Crippen molar-refractivity contribution in [3.05, 3.63) is 33.1 Å². The Kier molecular flexibility index (Phi) is 5.53. The van der Waals surface area contributed by atoms with Crippen molar-refractivity contribution >= 4 is 28.5 Å². The van der Waals surface area contributed by atoms with Crippen LogP contribution in [-0.4, -0.2) is 73.0 Å². The highest BCUT2D eigenvalue weighted by molar-refractivity contribution is 14.1. The van der Waals surface area contributed by atoms with E-state index in [4.69, 9.17) is 0 Å². The summed E-state index contributed by atoms with van der Waals surface area (Å²) >= 11 is 1.94. The van der Waals surface area contributed by atoms with Crippen LogP contribution in [0.1, 0.15) is 23.2 Å². The van der Waals surface area contributed by atoms with E-state index in [-0.39, 0.29) is 11.7 Å². The molecule has 0 aromatic heterocycles. The summed E-state index contributed by atoms with van der Waals surface area (Å²) in [5, 5.41) is 0. The van der Waals surface area contributed by atoms with Crippen LogP contribution < -0.4 is 0 Å². The Balaban J connectivity index is 1.57. The largest absolute Gasteiger partial charge is 0.336 e. The van der Waals surface area contributed by atoms with Crippen LogP contribution in [0, 0.1) is 9.39 Å². The Labute approximate surface area is 150 Å². The van der Waals surface area contributed by atoms with E-state index in [1.165, 1.54) is 25.5 Å². The fourth-order valence-electron chi connectivity index (χ4n) is 3.54. The molecule has 0 spiro atoms. The molecule has 2 heterocycles. The van der Waals surface area contributed by atoms with Crippen LogP contribution in [0.25, 0.3) is 0 Å². The number of carbonyl (C=O) groups is 1. The second-order valence-corrected chi connectivity index (χ2v) is 7.68. The number of hydrogen-bond acceptors (Lipinski definition) is 3. The Hall–Kier alpha value is -0.730. The van der Waals surface area contributed by atoms with Crippen LogP contribution >= 0.6 is 22.6 Å². The Morgan fingerprint density at radius 2 is 1.96 bits per heavy atom. The molecule has 23 heavy (non-hydrogen) atoms. The van der Waals surface area contributed by atoms with Gasteiger partial charge in [-0.3, -0.25) is 9.69 Å². The van der Waals surface area contributed by atoms with Gasteiger partial charge in [-0.05, 0) is 67.2 Å². The zero-order valence-electron chi connectivity index (χ0n) is 13.5. The van der Waals surface area contributed by atoms with Gasteiger partial charge in [-0.1, -0.05) is 0 Å². The fraction of sp³-hybridized carbons (Fsp3) is 0.588. The highest BCUT2D eigenvalue weighted by Gasteiger charge is 2.28. The van der Waals surface area contributed by atoms with Crippen molar-refractivity contribution in [3.8, 4) is 0 Å². The summed E-state index contributed by atoms with van der Waals surface area (Å²) < 4.78 is 14.2. The molecule has 0 saturated carbocycles. The second-order valence-electron chi connectivity index (χ2n) is 6.52. The Morgan fingerprint density at radius 1 is 1.22 bits per heavy atom. The van der Waals surface area contributed by atoms with Gasteiger partial charge in [0.05, 0.1) is 0 Å². The first kappa shape index (κ1) is 17.1. The topological polar surface area (TPSA) is 26.8 Å². The summed E-state index contributed by atoms with van der Waals surface area (Å²) in [5.41, 5.74) is 0.453. The van der Waals surface area contributed by atoms with Gasteiger partial charge in [0, 0.05) is 47.9 Å². The molecule has 2 saturated heterocycles. The third-order valence-corrected chi connectivity index (χ3v) is 5.76. The minimum Gasteiger partial charge on any atom is -0.336 e. The molecule has 3 rings (SSSR count). The first-order chi connectivity index (χ1) is 11.0. The standard InChI is InChI=1S/C17H23FIN3O/c1-20-6-2-3-14(12-20)21-7-9-22(10-8-21)17(23)13-4-5-16(19)15(18)11-13/h4-5,11,14H,2-3,6-10,12H2,1H3. The van der Waals surface area contributed by atoms with E-state index in [1.54, 1.807) is 12.1 Å². The number of benzene rings is 1. The normalized spacial score (nSPS) is 24.0. The van der Waals surface area contributed by atoms with Gasteiger partial charge in [0.15, 0.2) is 0 Å². The number of likely N-dealkylation sites (tertiary alicyclic amines) is 1. The molecule has 2 aliphatic heterocycles. The number of halogens is 2. The lowest BCUT2D eigenvalue weighted by molar-refractivity contribution is 0.0452. The number of piperazine rings is 1. The van der Waals surface area contributed by atoms with Crippen LogP contribution in [0.4, 0.5) is 4.39 Å². The maximum atomic E-state index is 13.7. The molecule has 2 fully saturated rings. The van der Waals surface area contributed by atoms with Crippen molar-refractivity contribution in [2.24, 2.45) is 0 Å². The molecule has 1 amide bonds. The number of rotatable bonds is 2. The first-order valence-electron chi connectivity index (χ1n) is 8.21. The first-order valence-corrected chi connectivity index (χ1v) is 9.29. The molecule has 0 radical (unpaired) electrons. The minimum absolute atomic E-state index is 0.0549. The zero-order chi connectivity index (χ0) is 16.4. The maximum absolute atomic E-state index is 13.7. The van der Waals surface area contributed by atoms with Gasteiger partial charge in [-0.2, -0.15) is 0 Å². The summed E-state index contributed by atoms with van der Waals surface area (Å²) in [6.45, 7) is 5.59. The van der Waals surface area contributed by atoms with Gasteiger partial charge in [0.25, 0.3) is 5.91 Å². The molecular weight excluding hydrogens is 408 g/mol. The number of amides is 1. The number of hydrogen-bond donors (Lipinski definition) is 0. The van der Waals surface area contributed by atoms with Crippen LogP contribution in [-0.2, 0) is 0 Å². The molecule has 1 unspecified atom stereocenters. The van der Waals surface area contributed by atoms with E-state index >= 15 is 0 Å². The van der Waals surface area contributed by atoms with Crippen LogP contribution in [0.3, 0.4) is 0 Å². The average Bonchev–Trinajstić information content (AvgIpc) is 2.57. The van der Waals surface area contributed by atoms with Gasteiger partial charge in [0.2, 0.25) is 0 Å². The van der Waals surface area contributed by atoms with Crippen LogP contribution in [0.2, 0.25) is 0 Å². The van der Waals surface area contributed by atoms with Crippen molar-refractivity contribution in [1.82, 2.24) is 14.7 Å². The highest BCUT2D eigenvalue weighted by Crippen LogP contribution is 2.19. The van der Waals surface area contributed by atoms with E-state index in [0.29, 0.717) is 15.2 Å². The SMILES string of the molecule is CN1CCCC(N2CCN(C(=O)c3ccc(I)c(F)c3)CC2)C1. The summed E-state index contributed by atoms with van der Waals surface area (Å²) in [4.78, 5) is 19.3. The molecule has 1 aromatic rings. The molecule has 2 aliphatic rings. The minimum atomic E-state index is -0.319. The van der Waals surface area contributed by atoms with Crippen molar-refractivity contribution in [2.75, 3.05) is 46.3 Å². The quantitative estimate of drug-likeness (QED) is 0.673. The lowest BCUT2D eigenvalue weighted by Gasteiger charge is -2.42. The molecule has 4 nitrogen and oxygen atoms in total. The highest BCUT2D eigenvalue weighted by atomic mass is 127. The summed E-state index contributed by atoms with van der Waals surface area (Å²) in [7, 11) is 2.18. The van der Waals surface area contributed by atoms with Crippen molar-refractivity contribution < 1.29 is 9.18 Å². The van der Waals surface area contributed by atoms with Gasteiger partial charge >= 0.3 is 0 Å². The van der Waals surface area contributed by atoms with E-state index < -0.39 is 0 Å². The van der Waals surface area contributed by atoms with Crippen LogP contribution in [0.15, 0.2) is 18.2 Å². The molecule has 126 valence electrons. The molecule has 0 aliphatic carbocycles. The van der Waals surface area contributed by atoms with E-state index in [1.807, 2.05) is 27.5 Å². The van der Waals surface area contributed by atoms with E-state index in [9.17, 15) is 9.18 Å². The molecule has 6 heteroatoms. The van der Waals surface area contributed by atoms with Crippen molar-refractivity contribution in [1.29, 1.82) is 0 Å². The lowest BCUT2D eigenvalue weighted by atomic mass is 10.0. The molecular formula is C17H23FIN3O. The smallest absolute Gasteiger partial charge is 0.254 e. The van der Waals surface area contributed by atoms with Crippen molar-refractivity contribution in [2.45, 2.75) is 18.9 Å². The molecule has 1 aromatic carbocycles. The third-order valence-electron chi connectivity index (χ3n) is 4.88. The number of likely N-dealkylation sites (N-methyl/N-ethyl adjacent to an activating group) is 1. The second kappa shape index (κ2) is 7.44. The summed E-state index contributed by atoms with van der Waals surface area (Å²) in [6, 6.07) is 5.35. The van der Waals surface area contributed by atoms with E-state index in [2.05, 4.69) is 16.8 Å². The Morgan fingerprint density at radius 3 is 2.61 bits per heavy atom. The van der Waals surface area contributed by atoms with Gasteiger partial charge in [0.1, 0.15) is 5.82 Å². The zero-order valence-corrected chi connectivity index (χ0v) is 15.6. The molecule has 0 bridgehead atoms. The predicted octanol–water partition coefficient (Wildman–Crippen LogP) is 2.28. The van der Waals surface area contributed by atoms with Gasteiger partial charge < -0.3 is 9.80 Å². The van der Waals surface area contributed by atoms with Gasteiger partial charge in [-0.25, -0.2) is 4.39 Å². The summed E-state index contributed by atoms with van der Waals surface area (Å²) in [6.07, 6.45) is 2.50. The number of carbonyl (C=O) groups excluding carboxylic acids is 1. The number of nitrogens with zero attached hydrogens (tertiary/aromatic N) is 3. The molecule has 1 atom stereocenters.